The third-order valence-electron chi connectivity index (χ3n) is 4.00. The first-order valence-corrected chi connectivity index (χ1v) is 8.71. The molecule has 1 heterocycles. The number of rotatable bonds is 4. The Morgan fingerprint density at radius 3 is 2.55 bits per heavy atom. The first-order valence-electron chi connectivity index (χ1n) is 7.72. The second-order valence-corrected chi connectivity index (χ2v) is 6.69. The number of carbonyl (C=O) groups excluding carboxylic acids is 2. The molecule has 0 spiro atoms. The van der Waals surface area contributed by atoms with Gasteiger partial charge in [0.1, 0.15) is 0 Å². The van der Waals surface area contributed by atoms with E-state index < -0.39 is 0 Å². The number of hydrogen-bond acceptors (Lipinski definition) is 4. The number of carbonyl (C=O) groups is 2. The molecule has 0 saturated heterocycles. The normalized spacial score (nSPS) is 15.6. The van der Waals surface area contributed by atoms with Gasteiger partial charge in [-0.1, -0.05) is 31.0 Å². The van der Waals surface area contributed by atoms with Crippen molar-refractivity contribution in [2.75, 3.05) is 5.75 Å². The molecular weight excluding hydrogens is 300 g/mol. The van der Waals surface area contributed by atoms with Crippen LogP contribution < -0.4 is 10.9 Å². The van der Waals surface area contributed by atoms with Crippen LogP contribution in [0.15, 0.2) is 5.16 Å². The van der Waals surface area contributed by atoms with Crippen molar-refractivity contribution in [3.63, 3.8) is 0 Å². The number of hydrazine groups is 1. The number of nitrogens with zero attached hydrogens (tertiary/aromatic N) is 2. The van der Waals surface area contributed by atoms with Crippen LogP contribution in [0.2, 0.25) is 0 Å². The van der Waals surface area contributed by atoms with Gasteiger partial charge < -0.3 is 4.57 Å². The predicted molar refractivity (Wildman–Crippen MR) is 86.5 cm³/mol. The minimum absolute atomic E-state index is 0.228. The predicted octanol–water partition coefficient (Wildman–Crippen LogP) is 2.26. The van der Waals surface area contributed by atoms with Gasteiger partial charge in [-0.15, -0.1) is 0 Å². The molecule has 1 aromatic rings. The minimum Gasteiger partial charge on any atom is -0.320 e. The van der Waals surface area contributed by atoms with Gasteiger partial charge in [0.15, 0.2) is 5.16 Å². The summed E-state index contributed by atoms with van der Waals surface area (Å²) < 4.78 is 2.30. The highest BCUT2D eigenvalue weighted by Crippen LogP contribution is 2.34. The Bertz CT molecular complexity index is 550. The van der Waals surface area contributed by atoms with E-state index >= 15 is 0 Å². The van der Waals surface area contributed by atoms with Gasteiger partial charge in [-0.05, 0) is 26.7 Å². The molecule has 6 nitrogen and oxygen atoms in total. The van der Waals surface area contributed by atoms with Crippen molar-refractivity contribution in [1.82, 2.24) is 20.4 Å². The lowest BCUT2D eigenvalue weighted by molar-refractivity contribution is -0.126. The van der Waals surface area contributed by atoms with Gasteiger partial charge in [0.2, 0.25) is 11.8 Å². The van der Waals surface area contributed by atoms with E-state index in [0.29, 0.717) is 6.04 Å². The molecule has 1 saturated carbocycles. The monoisotopic (exact) mass is 324 g/mol. The molecule has 7 heteroatoms. The molecule has 0 aromatic carbocycles. The summed E-state index contributed by atoms with van der Waals surface area (Å²) in [7, 11) is 0. The molecule has 0 radical (unpaired) electrons. The van der Waals surface area contributed by atoms with E-state index in [1.165, 1.54) is 56.5 Å². The third-order valence-corrected chi connectivity index (χ3v) is 4.96. The summed E-state index contributed by atoms with van der Waals surface area (Å²) in [5.41, 5.74) is 6.89. The zero-order valence-corrected chi connectivity index (χ0v) is 14.3. The number of amides is 2. The largest absolute Gasteiger partial charge is 0.320 e. The minimum atomic E-state index is -0.284. The van der Waals surface area contributed by atoms with Crippen molar-refractivity contribution in [2.24, 2.45) is 0 Å². The molecule has 122 valence electrons. The second-order valence-electron chi connectivity index (χ2n) is 5.75. The Kier molecular flexibility index (Phi) is 5.88. The van der Waals surface area contributed by atoms with Gasteiger partial charge in [-0.3, -0.25) is 20.4 Å². The van der Waals surface area contributed by atoms with Crippen molar-refractivity contribution >= 4 is 23.6 Å². The summed E-state index contributed by atoms with van der Waals surface area (Å²) in [4.78, 5) is 27.1. The summed E-state index contributed by atoms with van der Waals surface area (Å²) in [6.45, 7) is 5.46. The highest BCUT2D eigenvalue weighted by atomic mass is 32.2. The molecule has 1 aliphatic rings. The molecule has 0 bridgehead atoms. The molecule has 1 aliphatic carbocycles. The van der Waals surface area contributed by atoms with Gasteiger partial charge in [-0.25, -0.2) is 4.98 Å². The van der Waals surface area contributed by atoms with E-state index in [9.17, 15) is 9.59 Å². The Morgan fingerprint density at radius 1 is 1.23 bits per heavy atom. The molecule has 0 unspecified atom stereocenters. The van der Waals surface area contributed by atoms with E-state index in [1.54, 1.807) is 0 Å². The summed E-state index contributed by atoms with van der Waals surface area (Å²) in [5, 5.41) is 0.903. The van der Waals surface area contributed by atoms with Crippen molar-refractivity contribution in [2.45, 2.75) is 64.1 Å². The number of hydrogen-bond donors (Lipinski definition) is 2. The Morgan fingerprint density at radius 2 is 1.91 bits per heavy atom. The van der Waals surface area contributed by atoms with E-state index in [1.807, 2.05) is 6.92 Å². The van der Waals surface area contributed by atoms with Gasteiger partial charge in [-0.2, -0.15) is 0 Å². The first-order chi connectivity index (χ1) is 10.5. The maximum atomic E-state index is 11.7. The van der Waals surface area contributed by atoms with Crippen molar-refractivity contribution in [3.8, 4) is 0 Å². The number of thioether (sulfide) groups is 1. The van der Waals surface area contributed by atoms with Crippen LogP contribution >= 0.6 is 11.8 Å². The van der Waals surface area contributed by atoms with Crippen LogP contribution in [0, 0.1) is 13.8 Å². The summed E-state index contributed by atoms with van der Waals surface area (Å²) in [6, 6.07) is 0.496. The Hall–Kier alpha value is -1.50. The van der Waals surface area contributed by atoms with E-state index in [0.717, 1.165) is 10.9 Å². The van der Waals surface area contributed by atoms with Crippen molar-refractivity contribution in [1.29, 1.82) is 0 Å². The lowest BCUT2D eigenvalue weighted by Crippen LogP contribution is -2.41. The fourth-order valence-electron chi connectivity index (χ4n) is 2.79. The zero-order chi connectivity index (χ0) is 16.1. The quantitative estimate of drug-likeness (QED) is 0.658. The highest BCUT2D eigenvalue weighted by molar-refractivity contribution is 7.99. The number of aryl methyl sites for hydroxylation is 1. The fourth-order valence-corrected chi connectivity index (χ4v) is 3.75. The van der Waals surface area contributed by atoms with Crippen LogP contribution in [-0.2, 0) is 9.59 Å². The molecule has 0 aliphatic heterocycles. The second kappa shape index (κ2) is 7.67. The summed E-state index contributed by atoms with van der Waals surface area (Å²) >= 11 is 1.42. The number of imidazole rings is 1. The Balaban J connectivity index is 2.02. The standard InChI is InChI=1S/C15H24N4O2S/c1-10-11(2)19(13-7-5-4-6-8-13)15(16-10)22-9-14(21)18-17-12(3)20/h13H,4-9H2,1-3H3,(H,17,20)(H,18,21). The molecule has 2 N–H and O–H groups in total. The number of nitrogens with one attached hydrogen (secondary N) is 2. The lowest BCUT2D eigenvalue weighted by Gasteiger charge is -2.26. The fraction of sp³-hybridized carbons (Fsp3) is 0.667. The topological polar surface area (TPSA) is 76.0 Å². The van der Waals surface area contributed by atoms with E-state index in [4.69, 9.17) is 0 Å². The maximum Gasteiger partial charge on any atom is 0.248 e. The Labute approximate surface area is 135 Å². The van der Waals surface area contributed by atoms with Crippen LogP contribution in [0.3, 0.4) is 0 Å². The van der Waals surface area contributed by atoms with E-state index in [-0.39, 0.29) is 17.6 Å². The third kappa shape index (κ3) is 4.25. The van der Waals surface area contributed by atoms with Crippen LogP contribution in [0.1, 0.15) is 56.5 Å². The van der Waals surface area contributed by atoms with Crippen molar-refractivity contribution < 1.29 is 9.59 Å². The summed E-state index contributed by atoms with van der Waals surface area (Å²) in [6.07, 6.45) is 6.19. The van der Waals surface area contributed by atoms with Crippen molar-refractivity contribution in [3.05, 3.63) is 11.4 Å². The van der Waals surface area contributed by atoms with Gasteiger partial charge in [0.05, 0.1) is 11.4 Å². The SMILES string of the molecule is CC(=O)NNC(=O)CSc1nc(C)c(C)n1C1CCCCC1. The lowest BCUT2D eigenvalue weighted by atomic mass is 9.95. The molecule has 0 atom stereocenters. The highest BCUT2D eigenvalue weighted by Gasteiger charge is 2.22. The zero-order valence-electron chi connectivity index (χ0n) is 13.4. The maximum absolute atomic E-state index is 11.7. The van der Waals surface area contributed by atoms with Crippen LogP contribution in [0.25, 0.3) is 0 Å². The molecule has 1 fully saturated rings. The van der Waals surface area contributed by atoms with Gasteiger partial charge >= 0.3 is 0 Å². The molecule has 2 rings (SSSR count). The van der Waals surface area contributed by atoms with E-state index in [2.05, 4.69) is 27.3 Å². The first kappa shape index (κ1) is 16.9. The molecule has 22 heavy (non-hydrogen) atoms. The van der Waals surface area contributed by atoms with Crippen LogP contribution in [-0.4, -0.2) is 27.1 Å². The average Bonchev–Trinajstić information content (AvgIpc) is 2.79. The smallest absolute Gasteiger partial charge is 0.248 e. The molecule has 1 aromatic heterocycles. The van der Waals surface area contributed by atoms with Gasteiger partial charge in [0.25, 0.3) is 0 Å². The summed E-state index contributed by atoms with van der Waals surface area (Å²) in [5.74, 6) is -0.273. The number of aromatic nitrogens is 2. The van der Waals surface area contributed by atoms with Crippen LogP contribution in [0.5, 0.6) is 0 Å². The van der Waals surface area contributed by atoms with Crippen LogP contribution in [0.4, 0.5) is 0 Å². The average molecular weight is 324 g/mol. The van der Waals surface area contributed by atoms with Gasteiger partial charge in [0, 0.05) is 18.7 Å². The molecular formula is C15H24N4O2S. The molecule has 2 amide bonds.